The number of hydrogen-bond acceptors (Lipinski definition) is 6. The summed E-state index contributed by atoms with van der Waals surface area (Å²) in [6.07, 6.45) is 8.79. The number of nitrogens with zero attached hydrogens (tertiary/aromatic N) is 1. The molecule has 2 aliphatic rings. The highest BCUT2D eigenvalue weighted by Crippen LogP contribution is 2.28. The van der Waals surface area contributed by atoms with Crippen molar-refractivity contribution in [3.63, 3.8) is 0 Å². The normalized spacial score (nSPS) is 18.8. The van der Waals surface area contributed by atoms with Crippen molar-refractivity contribution in [3.05, 3.63) is 47.9 Å². The summed E-state index contributed by atoms with van der Waals surface area (Å²) in [6.45, 7) is 2.29. The molecule has 9 heteroatoms. The van der Waals surface area contributed by atoms with Crippen molar-refractivity contribution >= 4 is 15.9 Å². The Labute approximate surface area is 195 Å². The Morgan fingerprint density at radius 3 is 2.58 bits per heavy atom. The van der Waals surface area contributed by atoms with Crippen LogP contribution in [-0.4, -0.2) is 52.0 Å². The second kappa shape index (κ2) is 10.7. The number of likely N-dealkylation sites (tertiary alicyclic amines) is 1. The van der Waals surface area contributed by atoms with Gasteiger partial charge in [-0.05, 0) is 69.1 Å². The molecule has 2 heterocycles. The lowest BCUT2D eigenvalue weighted by molar-refractivity contribution is 0.0914. The predicted molar refractivity (Wildman–Crippen MR) is 125 cm³/mol. The molecule has 0 radical (unpaired) electrons. The lowest BCUT2D eigenvalue weighted by atomic mass is 10.1. The van der Waals surface area contributed by atoms with Gasteiger partial charge in [0.05, 0.1) is 19.4 Å². The van der Waals surface area contributed by atoms with Crippen molar-refractivity contribution in [3.8, 4) is 5.75 Å². The van der Waals surface area contributed by atoms with Crippen LogP contribution < -0.4 is 14.8 Å². The highest BCUT2D eigenvalue weighted by Gasteiger charge is 2.28. The van der Waals surface area contributed by atoms with Crippen molar-refractivity contribution in [2.45, 2.75) is 61.9 Å². The Morgan fingerprint density at radius 2 is 1.91 bits per heavy atom. The van der Waals surface area contributed by atoms with Crippen LogP contribution in [0.25, 0.3) is 0 Å². The molecule has 1 amide bonds. The van der Waals surface area contributed by atoms with Crippen molar-refractivity contribution < 1.29 is 22.4 Å². The van der Waals surface area contributed by atoms with Crippen molar-refractivity contribution in [2.24, 2.45) is 0 Å². The average Bonchev–Trinajstić information content (AvgIpc) is 3.54. The molecular formula is C24H33N3O5S. The van der Waals surface area contributed by atoms with E-state index in [0.717, 1.165) is 57.4 Å². The summed E-state index contributed by atoms with van der Waals surface area (Å²) in [5.41, 5.74) is 0.277. The van der Waals surface area contributed by atoms with Crippen LogP contribution in [0.2, 0.25) is 0 Å². The summed E-state index contributed by atoms with van der Waals surface area (Å²) in [5, 5.41) is 2.98. The zero-order chi connectivity index (χ0) is 23.3. The molecule has 0 bridgehead atoms. The van der Waals surface area contributed by atoms with Crippen LogP contribution in [0.15, 0.2) is 45.9 Å². The van der Waals surface area contributed by atoms with E-state index in [9.17, 15) is 13.2 Å². The highest BCUT2D eigenvalue weighted by molar-refractivity contribution is 7.89. The second-order valence-electron chi connectivity index (χ2n) is 8.81. The summed E-state index contributed by atoms with van der Waals surface area (Å²) >= 11 is 0. The molecule has 180 valence electrons. The number of piperidine rings is 1. The molecular weight excluding hydrogens is 442 g/mol. The molecule has 4 rings (SSSR count). The van der Waals surface area contributed by atoms with Gasteiger partial charge in [-0.3, -0.25) is 9.69 Å². The molecule has 2 N–H and O–H groups in total. The van der Waals surface area contributed by atoms with Crippen LogP contribution in [0.4, 0.5) is 0 Å². The van der Waals surface area contributed by atoms with E-state index < -0.39 is 10.0 Å². The number of sulfonamides is 1. The average molecular weight is 476 g/mol. The number of ether oxygens (including phenoxy) is 1. The number of nitrogens with one attached hydrogen (secondary N) is 2. The highest BCUT2D eigenvalue weighted by atomic mass is 32.2. The topological polar surface area (TPSA) is 101 Å². The minimum Gasteiger partial charge on any atom is -0.495 e. The van der Waals surface area contributed by atoms with Crippen LogP contribution in [0, 0.1) is 0 Å². The summed E-state index contributed by atoms with van der Waals surface area (Å²) in [4.78, 5) is 15.3. The van der Waals surface area contributed by atoms with Gasteiger partial charge in [-0.2, -0.15) is 0 Å². The number of benzene rings is 1. The van der Waals surface area contributed by atoms with Gasteiger partial charge in [0.15, 0.2) is 0 Å². The number of carbonyl (C=O) groups excluding carboxylic acids is 1. The van der Waals surface area contributed by atoms with Crippen LogP contribution in [0.1, 0.15) is 67.1 Å². The van der Waals surface area contributed by atoms with Crippen LogP contribution in [0.3, 0.4) is 0 Å². The molecule has 8 nitrogen and oxygen atoms in total. The predicted octanol–water partition coefficient (Wildman–Crippen LogP) is 3.47. The summed E-state index contributed by atoms with van der Waals surface area (Å²) < 4.78 is 39.8. The molecule has 0 unspecified atom stereocenters. The number of carbonyl (C=O) groups is 1. The van der Waals surface area contributed by atoms with Crippen LogP contribution in [0.5, 0.6) is 5.75 Å². The fraction of sp³-hybridized carbons (Fsp3) is 0.542. The lowest BCUT2D eigenvalue weighted by Gasteiger charge is -2.33. The smallest absolute Gasteiger partial charge is 0.251 e. The van der Waals surface area contributed by atoms with Gasteiger partial charge >= 0.3 is 0 Å². The summed E-state index contributed by atoms with van der Waals surface area (Å²) in [5.74, 6) is 0.707. The number of methoxy groups -OCH3 is 1. The third-order valence-corrected chi connectivity index (χ3v) is 8.09. The number of furan rings is 1. The van der Waals surface area contributed by atoms with E-state index in [4.69, 9.17) is 9.15 Å². The molecule has 1 aliphatic heterocycles. The first-order chi connectivity index (χ1) is 16.0. The first-order valence-electron chi connectivity index (χ1n) is 11.7. The molecule has 1 aromatic heterocycles. The Balaban J connectivity index is 1.49. The van der Waals surface area contributed by atoms with E-state index in [1.165, 1.54) is 25.7 Å². The van der Waals surface area contributed by atoms with Gasteiger partial charge in [0.1, 0.15) is 16.4 Å². The van der Waals surface area contributed by atoms with Gasteiger partial charge in [0.25, 0.3) is 5.91 Å². The van der Waals surface area contributed by atoms with E-state index >= 15 is 0 Å². The molecule has 0 spiro atoms. The van der Waals surface area contributed by atoms with E-state index in [-0.39, 0.29) is 34.2 Å². The van der Waals surface area contributed by atoms with E-state index in [1.54, 1.807) is 12.3 Å². The fourth-order valence-corrected chi connectivity index (χ4v) is 6.27. The fourth-order valence-electron chi connectivity index (χ4n) is 4.77. The second-order valence-corrected chi connectivity index (χ2v) is 10.5. The maximum Gasteiger partial charge on any atom is 0.251 e. The van der Waals surface area contributed by atoms with E-state index in [1.807, 2.05) is 12.1 Å². The van der Waals surface area contributed by atoms with Gasteiger partial charge < -0.3 is 14.5 Å². The van der Waals surface area contributed by atoms with Gasteiger partial charge in [-0.1, -0.05) is 19.3 Å². The molecule has 1 aliphatic carbocycles. The molecule has 2 aromatic rings. The summed E-state index contributed by atoms with van der Waals surface area (Å²) in [6, 6.07) is 8.17. The molecule has 33 heavy (non-hydrogen) atoms. The Bertz CT molecular complexity index is 1030. The number of rotatable bonds is 9. The van der Waals surface area contributed by atoms with E-state index in [2.05, 4.69) is 14.9 Å². The number of hydrogen-bond donors (Lipinski definition) is 2. The molecule has 1 atom stereocenters. The van der Waals surface area contributed by atoms with Crippen LogP contribution >= 0.6 is 0 Å². The van der Waals surface area contributed by atoms with Gasteiger partial charge in [0.2, 0.25) is 10.0 Å². The minimum absolute atomic E-state index is 0.0110. The Morgan fingerprint density at radius 1 is 1.15 bits per heavy atom. The van der Waals surface area contributed by atoms with Gasteiger partial charge in [-0.15, -0.1) is 0 Å². The first-order valence-corrected chi connectivity index (χ1v) is 13.2. The Kier molecular flexibility index (Phi) is 7.72. The molecule has 1 saturated heterocycles. The molecule has 1 aromatic carbocycles. The van der Waals surface area contributed by atoms with Crippen molar-refractivity contribution in [2.75, 3.05) is 26.7 Å². The lowest BCUT2D eigenvalue weighted by Crippen LogP contribution is -2.40. The van der Waals surface area contributed by atoms with Crippen molar-refractivity contribution in [1.29, 1.82) is 0 Å². The van der Waals surface area contributed by atoms with Crippen molar-refractivity contribution in [1.82, 2.24) is 14.9 Å². The minimum atomic E-state index is -3.80. The Hall–Kier alpha value is -2.36. The standard InChI is InChI=1S/C24H33N3O5S/c1-31-22-12-11-18(16-23(22)33(29,30)26-19-8-3-4-9-19)24(28)25-17-20(21-10-7-15-32-21)27-13-5-2-6-14-27/h7,10-12,15-16,19-20,26H,2-6,8-9,13-14,17H2,1H3,(H,25,28)/t20-/m0/s1. The maximum absolute atomic E-state index is 13.0. The van der Waals surface area contributed by atoms with Gasteiger partial charge in [-0.25, -0.2) is 13.1 Å². The van der Waals surface area contributed by atoms with Crippen LogP contribution in [-0.2, 0) is 10.0 Å². The zero-order valence-corrected chi connectivity index (χ0v) is 19.9. The maximum atomic E-state index is 13.0. The van der Waals surface area contributed by atoms with E-state index in [0.29, 0.717) is 6.54 Å². The SMILES string of the molecule is COc1ccc(C(=O)NC[C@@H](c2ccco2)N2CCCCC2)cc1S(=O)(=O)NC1CCCC1. The number of amides is 1. The summed E-state index contributed by atoms with van der Waals surface area (Å²) in [7, 11) is -2.38. The zero-order valence-electron chi connectivity index (χ0n) is 19.1. The molecule has 2 fully saturated rings. The molecule has 1 saturated carbocycles. The third kappa shape index (κ3) is 5.77. The monoisotopic (exact) mass is 475 g/mol. The largest absolute Gasteiger partial charge is 0.495 e. The quantitative estimate of drug-likeness (QED) is 0.576. The van der Waals surface area contributed by atoms with Gasteiger partial charge in [0, 0.05) is 18.2 Å². The first kappa shape index (κ1) is 23.8. The third-order valence-electron chi connectivity index (χ3n) is 6.55.